The van der Waals surface area contributed by atoms with E-state index < -0.39 is 19.6 Å². The molecule has 0 aromatic carbocycles. The van der Waals surface area contributed by atoms with Gasteiger partial charge in [-0.1, -0.05) is 0 Å². The van der Waals surface area contributed by atoms with Gasteiger partial charge in [-0.3, -0.25) is 9.36 Å². The first-order chi connectivity index (χ1) is 8.52. The van der Waals surface area contributed by atoms with Crippen molar-refractivity contribution in [3.63, 3.8) is 0 Å². The predicted octanol–water partition coefficient (Wildman–Crippen LogP) is 1.75. The topological polar surface area (TPSA) is 82.1 Å². The van der Waals surface area contributed by atoms with Gasteiger partial charge in [0.2, 0.25) is 0 Å². The van der Waals surface area contributed by atoms with Crippen LogP contribution in [0.2, 0.25) is 0 Å². The van der Waals surface area contributed by atoms with Gasteiger partial charge in [0.15, 0.2) is 0 Å². The summed E-state index contributed by atoms with van der Waals surface area (Å²) in [6.45, 7) is 4.09. The summed E-state index contributed by atoms with van der Waals surface area (Å²) in [6, 6.07) is 0. The molecular formula is C10H16NO6P. The van der Waals surface area contributed by atoms with Crippen LogP contribution >= 0.6 is 7.60 Å². The van der Waals surface area contributed by atoms with Crippen LogP contribution in [-0.2, 0) is 23.1 Å². The Labute approximate surface area is 105 Å². The number of hydrogen-bond acceptors (Lipinski definition) is 6. The Bertz CT molecular complexity index is 384. The average molecular weight is 277 g/mol. The molecule has 0 unspecified atom stereocenters. The summed E-state index contributed by atoms with van der Waals surface area (Å²) >= 11 is 0. The van der Waals surface area contributed by atoms with Crippen molar-refractivity contribution >= 4 is 19.6 Å². The molecular weight excluding hydrogens is 261 g/mol. The van der Waals surface area contributed by atoms with E-state index in [4.69, 9.17) is 9.05 Å². The second kappa shape index (κ2) is 6.68. The van der Waals surface area contributed by atoms with Gasteiger partial charge in [-0.25, -0.2) is 9.69 Å². The number of carbonyl (C=O) groups excluding carboxylic acids is 2. The van der Waals surface area contributed by atoms with Crippen LogP contribution in [0.1, 0.15) is 13.8 Å². The van der Waals surface area contributed by atoms with Gasteiger partial charge in [0.1, 0.15) is 6.61 Å². The van der Waals surface area contributed by atoms with Crippen molar-refractivity contribution in [2.75, 3.05) is 26.4 Å². The van der Waals surface area contributed by atoms with Gasteiger partial charge in [-0.2, -0.15) is 0 Å². The Morgan fingerprint density at radius 3 is 2.50 bits per heavy atom. The highest BCUT2D eigenvalue weighted by molar-refractivity contribution is 7.57. The fraction of sp³-hybridized carbons (Fsp3) is 0.600. The van der Waals surface area contributed by atoms with Crippen LogP contribution in [0.15, 0.2) is 11.9 Å². The van der Waals surface area contributed by atoms with Crippen molar-refractivity contribution in [3.8, 4) is 0 Å². The first-order valence-electron chi connectivity index (χ1n) is 5.58. The summed E-state index contributed by atoms with van der Waals surface area (Å²) in [4.78, 5) is 23.6. The van der Waals surface area contributed by atoms with Crippen molar-refractivity contribution in [3.05, 3.63) is 11.9 Å². The molecule has 0 aromatic heterocycles. The van der Waals surface area contributed by atoms with E-state index in [1.807, 2.05) is 0 Å². The fourth-order valence-electron chi connectivity index (χ4n) is 1.32. The third-order valence-electron chi connectivity index (χ3n) is 2.04. The van der Waals surface area contributed by atoms with Gasteiger partial charge in [0, 0.05) is 11.9 Å². The lowest BCUT2D eigenvalue weighted by Gasteiger charge is -2.13. The van der Waals surface area contributed by atoms with Crippen molar-refractivity contribution in [1.29, 1.82) is 0 Å². The first-order valence-corrected chi connectivity index (χ1v) is 7.20. The zero-order chi connectivity index (χ0) is 13.6. The van der Waals surface area contributed by atoms with E-state index in [0.29, 0.717) is 0 Å². The van der Waals surface area contributed by atoms with E-state index in [1.165, 1.54) is 0 Å². The summed E-state index contributed by atoms with van der Waals surface area (Å²) in [6.07, 6.45) is 0.311. The molecule has 1 saturated heterocycles. The molecule has 7 nitrogen and oxygen atoms in total. The molecule has 0 N–H and O–H groups in total. The number of carbonyl (C=O) groups is 2. The zero-order valence-electron chi connectivity index (χ0n) is 10.3. The van der Waals surface area contributed by atoms with Crippen LogP contribution in [-0.4, -0.2) is 43.3 Å². The highest BCUT2D eigenvalue weighted by atomic mass is 31.2. The quantitative estimate of drug-likeness (QED) is 0.543. The Morgan fingerprint density at radius 2 is 2.06 bits per heavy atom. The SMILES string of the molecule is CCOP(=O)(/C=C/C(=O)N1CCOC1=O)OCC. The van der Waals surface area contributed by atoms with E-state index in [0.717, 1.165) is 16.8 Å². The molecule has 18 heavy (non-hydrogen) atoms. The zero-order valence-corrected chi connectivity index (χ0v) is 11.2. The van der Waals surface area contributed by atoms with E-state index in [9.17, 15) is 14.2 Å². The Morgan fingerprint density at radius 1 is 1.44 bits per heavy atom. The Balaban J connectivity index is 2.68. The van der Waals surface area contributed by atoms with Gasteiger partial charge in [0.05, 0.1) is 19.8 Å². The molecule has 1 fully saturated rings. The molecule has 1 aliphatic rings. The molecule has 102 valence electrons. The lowest BCUT2D eigenvalue weighted by molar-refractivity contribution is -0.122. The molecule has 1 heterocycles. The third kappa shape index (κ3) is 3.94. The van der Waals surface area contributed by atoms with Gasteiger partial charge < -0.3 is 13.8 Å². The molecule has 0 radical (unpaired) electrons. The maximum absolute atomic E-state index is 12.0. The second-order valence-electron chi connectivity index (χ2n) is 3.30. The Kier molecular flexibility index (Phi) is 5.53. The van der Waals surface area contributed by atoms with Crippen LogP contribution in [0.5, 0.6) is 0 Å². The minimum Gasteiger partial charge on any atom is -0.447 e. The summed E-state index contributed by atoms with van der Waals surface area (Å²) < 4.78 is 26.5. The first kappa shape index (κ1) is 14.9. The number of rotatable bonds is 6. The average Bonchev–Trinajstić information content (AvgIpc) is 2.73. The van der Waals surface area contributed by atoms with E-state index in [2.05, 4.69) is 4.74 Å². The standard InChI is InChI=1S/C10H16NO6P/c1-3-16-18(14,17-4-2)8-5-9(12)11-6-7-15-10(11)13/h5,8H,3-4,6-7H2,1-2H3/b8-5+. The lowest BCUT2D eigenvalue weighted by Crippen LogP contribution is -2.29. The molecule has 1 rings (SSSR count). The monoisotopic (exact) mass is 277 g/mol. The van der Waals surface area contributed by atoms with Crippen LogP contribution < -0.4 is 0 Å². The van der Waals surface area contributed by atoms with E-state index >= 15 is 0 Å². The molecule has 0 atom stereocenters. The number of cyclic esters (lactones) is 1. The predicted molar refractivity (Wildman–Crippen MR) is 63.1 cm³/mol. The smallest absolute Gasteiger partial charge is 0.416 e. The largest absolute Gasteiger partial charge is 0.447 e. The normalized spacial score (nSPS) is 16.3. The van der Waals surface area contributed by atoms with Gasteiger partial charge in [0.25, 0.3) is 5.91 Å². The number of nitrogens with zero attached hydrogens (tertiary/aromatic N) is 1. The molecule has 0 aliphatic carbocycles. The van der Waals surface area contributed by atoms with E-state index in [1.54, 1.807) is 13.8 Å². The Hall–Kier alpha value is -1.17. The number of ether oxygens (including phenoxy) is 1. The fourth-order valence-corrected chi connectivity index (χ4v) is 2.60. The van der Waals surface area contributed by atoms with Crippen molar-refractivity contribution in [2.24, 2.45) is 0 Å². The molecule has 0 aromatic rings. The maximum atomic E-state index is 12.0. The summed E-state index contributed by atoms with van der Waals surface area (Å²) in [5.41, 5.74) is 0. The van der Waals surface area contributed by atoms with Crippen molar-refractivity contribution in [1.82, 2.24) is 4.90 Å². The van der Waals surface area contributed by atoms with Crippen LogP contribution in [0.25, 0.3) is 0 Å². The maximum Gasteiger partial charge on any atom is 0.416 e. The van der Waals surface area contributed by atoms with E-state index in [-0.39, 0.29) is 26.4 Å². The number of amides is 2. The van der Waals surface area contributed by atoms with Crippen LogP contribution in [0.3, 0.4) is 0 Å². The minimum absolute atomic E-state index is 0.174. The summed E-state index contributed by atoms with van der Waals surface area (Å²) in [5.74, 6) is 0.464. The minimum atomic E-state index is -3.41. The van der Waals surface area contributed by atoms with Crippen LogP contribution in [0, 0.1) is 0 Å². The summed E-state index contributed by atoms with van der Waals surface area (Å²) in [7, 11) is -3.41. The van der Waals surface area contributed by atoms with Crippen molar-refractivity contribution < 1.29 is 27.9 Å². The lowest BCUT2D eigenvalue weighted by atomic mass is 10.5. The summed E-state index contributed by atoms with van der Waals surface area (Å²) in [5, 5.41) is 0. The highest BCUT2D eigenvalue weighted by Crippen LogP contribution is 2.49. The number of hydrogen-bond donors (Lipinski definition) is 0. The molecule has 2 amide bonds. The molecule has 8 heteroatoms. The highest BCUT2D eigenvalue weighted by Gasteiger charge is 2.28. The molecule has 0 spiro atoms. The molecule has 0 bridgehead atoms. The third-order valence-corrected chi connectivity index (χ3v) is 3.80. The van der Waals surface area contributed by atoms with Gasteiger partial charge in [-0.05, 0) is 13.8 Å². The van der Waals surface area contributed by atoms with Gasteiger partial charge in [-0.15, -0.1) is 0 Å². The molecule has 1 aliphatic heterocycles. The van der Waals surface area contributed by atoms with Crippen LogP contribution in [0.4, 0.5) is 4.79 Å². The van der Waals surface area contributed by atoms with Crippen molar-refractivity contribution in [2.45, 2.75) is 13.8 Å². The number of imide groups is 1. The molecule has 0 saturated carbocycles. The van der Waals surface area contributed by atoms with Gasteiger partial charge >= 0.3 is 13.7 Å². The second-order valence-corrected chi connectivity index (χ2v) is 5.19.